The smallest absolute Gasteiger partial charge is 0.0492 e. The van der Waals surface area contributed by atoms with Crippen molar-refractivity contribution < 1.29 is 10.2 Å². The lowest BCUT2D eigenvalue weighted by atomic mass is 9.65. The Balaban J connectivity index is 1.90. The van der Waals surface area contributed by atoms with Gasteiger partial charge >= 0.3 is 0 Å². The van der Waals surface area contributed by atoms with E-state index in [1.165, 1.54) is 32.1 Å². The molecular formula is C12H20O2. The van der Waals surface area contributed by atoms with Gasteiger partial charge in [0.1, 0.15) is 0 Å². The van der Waals surface area contributed by atoms with Crippen molar-refractivity contribution in [2.75, 3.05) is 13.2 Å². The van der Waals surface area contributed by atoms with Crippen molar-refractivity contribution in [3.8, 4) is 0 Å². The quantitative estimate of drug-likeness (QED) is 0.701. The number of hydrogen-bond acceptors (Lipinski definition) is 2. The van der Waals surface area contributed by atoms with Gasteiger partial charge in [0.15, 0.2) is 0 Å². The molecule has 0 aromatic carbocycles. The van der Waals surface area contributed by atoms with Crippen molar-refractivity contribution in [3.63, 3.8) is 0 Å². The van der Waals surface area contributed by atoms with Crippen molar-refractivity contribution in [2.24, 2.45) is 29.1 Å². The van der Waals surface area contributed by atoms with Gasteiger partial charge in [-0.05, 0) is 54.8 Å². The predicted octanol–water partition coefficient (Wildman–Crippen LogP) is 1.41. The second-order valence-corrected chi connectivity index (χ2v) is 5.66. The van der Waals surface area contributed by atoms with E-state index >= 15 is 0 Å². The van der Waals surface area contributed by atoms with Crippen LogP contribution in [-0.2, 0) is 0 Å². The molecule has 3 aliphatic rings. The topological polar surface area (TPSA) is 40.5 Å². The van der Waals surface area contributed by atoms with Gasteiger partial charge in [0.25, 0.3) is 0 Å². The first-order valence-electron chi connectivity index (χ1n) is 6.03. The number of fused-ring (bicyclic) bond motifs is 5. The van der Waals surface area contributed by atoms with Crippen LogP contribution in [0.5, 0.6) is 0 Å². The third-order valence-electron chi connectivity index (χ3n) is 5.50. The third kappa shape index (κ3) is 0.892. The van der Waals surface area contributed by atoms with E-state index in [-0.39, 0.29) is 5.41 Å². The number of aliphatic hydroxyl groups is 2. The van der Waals surface area contributed by atoms with E-state index in [1.807, 2.05) is 0 Å². The van der Waals surface area contributed by atoms with E-state index in [2.05, 4.69) is 0 Å². The molecule has 3 rings (SSSR count). The first-order valence-corrected chi connectivity index (χ1v) is 6.03. The molecule has 3 saturated carbocycles. The SMILES string of the molecule is OCC1CC2CC1C1CCCC21CO. The summed E-state index contributed by atoms with van der Waals surface area (Å²) in [5.74, 6) is 2.76. The van der Waals surface area contributed by atoms with Crippen LogP contribution in [0.4, 0.5) is 0 Å². The van der Waals surface area contributed by atoms with Crippen LogP contribution in [0.1, 0.15) is 32.1 Å². The van der Waals surface area contributed by atoms with E-state index < -0.39 is 0 Å². The van der Waals surface area contributed by atoms with Gasteiger partial charge in [0.05, 0.1) is 0 Å². The van der Waals surface area contributed by atoms with Gasteiger partial charge < -0.3 is 10.2 Å². The maximum absolute atomic E-state index is 9.65. The molecule has 5 unspecified atom stereocenters. The normalized spacial score (nSPS) is 55.3. The zero-order chi connectivity index (χ0) is 9.76. The number of aliphatic hydroxyl groups excluding tert-OH is 2. The molecular weight excluding hydrogens is 176 g/mol. The largest absolute Gasteiger partial charge is 0.396 e. The van der Waals surface area contributed by atoms with E-state index in [9.17, 15) is 10.2 Å². The summed E-state index contributed by atoms with van der Waals surface area (Å²) in [5, 5.41) is 18.9. The zero-order valence-corrected chi connectivity index (χ0v) is 8.65. The summed E-state index contributed by atoms with van der Waals surface area (Å²) in [6.07, 6.45) is 6.32. The highest BCUT2D eigenvalue weighted by molar-refractivity contribution is 5.10. The third-order valence-corrected chi connectivity index (χ3v) is 5.50. The van der Waals surface area contributed by atoms with Gasteiger partial charge in [-0.3, -0.25) is 0 Å². The molecule has 0 aliphatic heterocycles. The minimum Gasteiger partial charge on any atom is -0.396 e. The second kappa shape index (κ2) is 2.96. The minimum absolute atomic E-state index is 0.288. The Morgan fingerprint density at radius 1 is 1.21 bits per heavy atom. The van der Waals surface area contributed by atoms with Gasteiger partial charge in [0, 0.05) is 13.2 Å². The van der Waals surface area contributed by atoms with Gasteiger partial charge in [-0.2, -0.15) is 0 Å². The maximum atomic E-state index is 9.65. The molecule has 0 saturated heterocycles. The summed E-state index contributed by atoms with van der Waals surface area (Å²) >= 11 is 0. The average molecular weight is 196 g/mol. The lowest BCUT2D eigenvalue weighted by molar-refractivity contribution is 0.00365. The summed E-state index contributed by atoms with van der Waals surface area (Å²) < 4.78 is 0. The highest BCUT2D eigenvalue weighted by atomic mass is 16.3. The zero-order valence-electron chi connectivity index (χ0n) is 8.65. The first-order chi connectivity index (χ1) is 6.81. The van der Waals surface area contributed by atoms with Crippen molar-refractivity contribution >= 4 is 0 Å². The lowest BCUT2D eigenvalue weighted by Crippen LogP contribution is -2.39. The fourth-order valence-corrected chi connectivity index (χ4v) is 4.93. The van der Waals surface area contributed by atoms with Gasteiger partial charge in [-0.25, -0.2) is 0 Å². The average Bonchev–Trinajstić information content (AvgIpc) is 2.87. The second-order valence-electron chi connectivity index (χ2n) is 5.66. The molecule has 0 aromatic rings. The summed E-state index contributed by atoms with van der Waals surface area (Å²) in [4.78, 5) is 0. The van der Waals surface area contributed by atoms with Crippen LogP contribution in [-0.4, -0.2) is 23.4 Å². The summed E-state index contributed by atoms with van der Waals surface area (Å²) in [5.41, 5.74) is 0.288. The molecule has 2 N–H and O–H groups in total. The van der Waals surface area contributed by atoms with Crippen LogP contribution < -0.4 is 0 Å². The van der Waals surface area contributed by atoms with E-state index in [1.54, 1.807) is 0 Å². The summed E-state index contributed by atoms with van der Waals surface area (Å²) in [6.45, 7) is 0.774. The first kappa shape index (κ1) is 9.17. The highest BCUT2D eigenvalue weighted by Gasteiger charge is 2.62. The van der Waals surface area contributed by atoms with Gasteiger partial charge in [-0.1, -0.05) is 6.42 Å². The monoisotopic (exact) mass is 196 g/mol. The Labute approximate surface area is 85.3 Å². The van der Waals surface area contributed by atoms with Crippen molar-refractivity contribution in [1.82, 2.24) is 0 Å². The Kier molecular flexibility index (Phi) is 1.94. The molecule has 2 bridgehead atoms. The van der Waals surface area contributed by atoms with Crippen molar-refractivity contribution in [1.29, 1.82) is 0 Å². The lowest BCUT2D eigenvalue weighted by Gasteiger charge is -2.40. The Bertz CT molecular complexity index is 238. The van der Waals surface area contributed by atoms with Crippen molar-refractivity contribution in [2.45, 2.75) is 32.1 Å². The molecule has 0 radical (unpaired) electrons. The maximum Gasteiger partial charge on any atom is 0.0492 e. The molecule has 14 heavy (non-hydrogen) atoms. The van der Waals surface area contributed by atoms with E-state index in [4.69, 9.17) is 0 Å². The molecule has 2 heteroatoms. The molecule has 5 atom stereocenters. The van der Waals surface area contributed by atoms with Crippen molar-refractivity contribution in [3.05, 3.63) is 0 Å². The Morgan fingerprint density at radius 2 is 2.07 bits per heavy atom. The Morgan fingerprint density at radius 3 is 2.79 bits per heavy atom. The molecule has 80 valence electrons. The van der Waals surface area contributed by atoms with Crippen LogP contribution in [0.25, 0.3) is 0 Å². The summed E-state index contributed by atoms with van der Waals surface area (Å²) in [7, 11) is 0. The van der Waals surface area contributed by atoms with Gasteiger partial charge in [-0.15, -0.1) is 0 Å². The summed E-state index contributed by atoms with van der Waals surface area (Å²) in [6, 6.07) is 0. The highest BCUT2D eigenvalue weighted by Crippen LogP contribution is 2.67. The van der Waals surface area contributed by atoms with E-state index in [0.29, 0.717) is 19.1 Å². The number of rotatable bonds is 2. The van der Waals surface area contributed by atoms with E-state index in [0.717, 1.165) is 17.8 Å². The fourth-order valence-electron chi connectivity index (χ4n) is 4.93. The predicted molar refractivity (Wildman–Crippen MR) is 53.6 cm³/mol. The molecule has 3 fully saturated rings. The van der Waals surface area contributed by atoms with Crippen LogP contribution in [0.3, 0.4) is 0 Å². The molecule has 0 amide bonds. The number of hydrogen-bond donors (Lipinski definition) is 2. The molecule has 0 aromatic heterocycles. The van der Waals surface area contributed by atoms with Crippen LogP contribution >= 0.6 is 0 Å². The molecule has 0 spiro atoms. The molecule has 3 aliphatic carbocycles. The minimum atomic E-state index is 0.288. The standard InChI is InChI=1S/C12H20O2/c13-6-8-4-9-5-10(8)11-2-1-3-12(9,11)7-14/h8-11,13-14H,1-7H2. The Hall–Kier alpha value is -0.0800. The van der Waals surface area contributed by atoms with Crippen LogP contribution in [0, 0.1) is 29.1 Å². The molecule has 2 nitrogen and oxygen atoms in total. The van der Waals surface area contributed by atoms with Gasteiger partial charge in [0.2, 0.25) is 0 Å². The molecule has 0 heterocycles. The fraction of sp³-hybridized carbons (Fsp3) is 1.00. The van der Waals surface area contributed by atoms with Crippen LogP contribution in [0.2, 0.25) is 0 Å². The van der Waals surface area contributed by atoms with Crippen LogP contribution in [0.15, 0.2) is 0 Å².